The van der Waals surface area contributed by atoms with Gasteiger partial charge in [-0.3, -0.25) is 4.79 Å². The predicted molar refractivity (Wildman–Crippen MR) is 55.3 cm³/mol. The van der Waals surface area contributed by atoms with Crippen molar-refractivity contribution in [1.29, 1.82) is 0 Å². The van der Waals surface area contributed by atoms with Crippen molar-refractivity contribution in [3.63, 3.8) is 0 Å². The molecule has 2 heterocycles. The van der Waals surface area contributed by atoms with Crippen LogP contribution in [0.25, 0.3) is 0 Å². The van der Waals surface area contributed by atoms with Crippen molar-refractivity contribution in [1.82, 2.24) is 4.98 Å². The molecule has 0 fully saturated rings. The number of nitrogens with zero attached hydrogens (tertiary/aromatic N) is 1. The Morgan fingerprint density at radius 3 is 3.21 bits per heavy atom. The van der Waals surface area contributed by atoms with Gasteiger partial charge in [0.15, 0.2) is 0 Å². The number of rotatable bonds is 2. The second-order valence-electron chi connectivity index (χ2n) is 3.26. The van der Waals surface area contributed by atoms with E-state index in [1.165, 1.54) is 0 Å². The molecule has 1 aliphatic heterocycles. The lowest BCUT2D eigenvalue weighted by Gasteiger charge is -2.05. The van der Waals surface area contributed by atoms with Gasteiger partial charge in [0.2, 0.25) is 0 Å². The fraction of sp³-hybridized carbons (Fsp3) is 0.333. The lowest BCUT2D eigenvalue weighted by atomic mass is 10.1. The Hall–Kier alpha value is -1.10. The smallest absolute Gasteiger partial charge is 0.305 e. The van der Waals surface area contributed by atoms with Crippen molar-refractivity contribution in [2.24, 2.45) is 0 Å². The van der Waals surface area contributed by atoms with Crippen LogP contribution in [-0.2, 0) is 11.2 Å². The molecular weight excluding hydrogens is 248 g/mol. The number of nitrogens with one attached hydrogen (secondary N) is 1. The Labute approximate surface area is 89.5 Å². The average Bonchev–Trinajstić information content (AvgIpc) is 2.47. The summed E-state index contributed by atoms with van der Waals surface area (Å²) < 4.78 is 0.989. The molecule has 2 N–H and O–H groups in total. The number of fused-ring (bicyclic) bond motifs is 1. The third-order valence-electron chi connectivity index (χ3n) is 2.21. The normalized spacial score (nSPS) is 18.8. The molecule has 4 nitrogen and oxygen atoms in total. The molecule has 0 radical (unpaired) electrons. The van der Waals surface area contributed by atoms with Crippen LogP contribution in [0.5, 0.6) is 0 Å². The monoisotopic (exact) mass is 256 g/mol. The van der Waals surface area contributed by atoms with Gasteiger partial charge in [-0.1, -0.05) is 15.9 Å². The van der Waals surface area contributed by atoms with Gasteiger partial charge < -0.3 is 10.4 Å². The van der Waals surface area contributed by atoms with Crippen LogP contribution in [0.3, 0.4) is 0 Å². The second-order valence-corrected chi connectivity index (χ2v) is 4.12. The van der Waals surface area contributed by atoms with E-state index >= 15 is 0 Å². The number of carboxylic acids is 1. The van der Waals surface area contributed by atoms with Crippen molar-refractivity contribution < 1.29 is 9.90 Å². The van der Waals surface area contributed by atoms with E-state index in [9.17, 15) is 4.79 Å². The Kier molecular flexibility index (Phi) is 2.41. The lowest BCUT2D eigenvalue weighted by Crippen LogP contribution is -2.19. The zero-order valence-corrected chi connectivity index (χ0v) is 8.91. The van der Waals surface area contributed by atoms with Crippen molar-refractivity contribution in [2.45, 2.75) is 18.9 Å². The standard InChI is InChI=1S/C9H9BrN2O2/c10-7-1-2-11-9-6(7)3-5(12-9)4-8(13)14/h1-2,5H,3-4H2,(H,11,12)(H,13,14). The van der Waals surface area contributed by atoms with Crippen LogP contribution in [-0.4, -0.2) is 22.1 Å². The fourth-order valence-electron chi connectivity index (χ4n) is 1.61. The number of aromatic nitrogens is 1. The van der Waals surface area contributed by atoms with Crippen LogP contribution in [0, 0.1) is 0 Å². The fourth-order valence-corrected chi connectivity index (χ4v) is 2.08. The molecule has 0 bridgehead atoms. The number of aliphatic carboxylic acids is 1. The summed E-state index contributed by atoms with van der Waals surface area (Å²) in [6.45, 7) is 0. The summed E-state index contributed by atoms with van der Waals surface area (Å²) >= 11 is 3.41. The minimum atomic E-state index is -0.786. The zero-order valence-electron chi connectivity index (χ0n) is 7.33. The molecule has 0 aromatic carbocycles. The van der Waals surface area contributed by atoms with Crippen LogP contribution in [0.15, 0.2) is 16.7 Å². The highest BCUT2D eigenvalue weighted by Crippen LogP contribution is 2.30. The highest BCUT2D eigenvalue weighted by Gasteiger charge is 2.25. The molecule has 14 heavy (non-hydrogen) atoms. The molecule has 0 saturated carbocycles. The van der Waals surface area contributed by atoms with Crippen molar-refractivity contribution in [3.8, 4) is 0 Å². The summed E-state index contributed by atoms with van der Waals surface area (Å²) in [7, 11) is 0. The van der Waals surface area contributed by atoms with Crippen LogP contribution < -0.4 is 5.32 Å². The van der Waals surface area contributed by atoms with Crippen LogP contribution in [0.1, 0.15) is 12.0 Å². The van der Waals surface area contributed by atoms with Gasteiger partial charge in [0.25, 0.3) is 0 Å². The summed E-state index contributed by atoms with van der Waals surface area (Å²) in [5, 5.41) is 11.7. The topological polar surface area (TPSA) is 62.2 Å². The molecule has 1 unspecified atom stereocenters. The van der Waals surface area contributed by atoms with E-state index in [0.29, 0.717) is 0 Å². The summed E-state index contributed by atoms with van der Waals surface area (Å²) in [4.78, 5) is 14.7. The molecule has 74 valence electrons. The molecule has 5 heteroatoms. The molecule has 0 amide bonds. The quantitative estimate of drug-likeness (QED) is 0.845. The first kappa shape index (κ1) is 9.45. The number of halogens is 1. The molecule has 1 atom stereocenters. The molecule has 0 saturated heterocycles. The van der Waals surface area contributed by atoms with Gasteiger partial charge in [-0.2, -0.15) is 0 Å². The number of carboxylic acid groups (broad SMARTS) is 1. The van der Waals surface area contributed by atoms with Gasteiger partial charge in [-0.05, 0) is 12.5 Å². The molecule has 0 spiro atoms. The van der Waals surface area contributed by atoms with Gasteiger partial charge in [0.1, 0.15) is 5.82 Å². The average molecular weight is 257 g/mol. The Balaban J connectivity index is 2.18. The van der Waals surface area contributed by atoms with E-state index in [-0.39, 0.29) is 12.5 Å². The molecule has 1 aromatic heterocycles. The van der Waals surface area contributed by atoms with Crippen LogP contribution >= 0.6 is 15.9 Å². The maximum Gasteiger partial charge on any atom is 0.305 e. The van der Waals surface area contributed by atoms with Crippen molar-refractivity contribution in [2.75, 3.05) is 5.32 Å². The third kappa shape index (κ3) is 1.72. The van der Waals surface area contributed by atoms with Crippen LogP contribution in [0.4, 0.5) is 5.82 Å². The first-order valence-corrected chi connectivity index (χ1v) is 5.08. The highest BCUT2D eigenvalue weighted by atomic mass is 79.9. The second kappa shape index (κ2) is 3.57. The number of carbonyl (C=O) groups is 1. The van der Waals surface area contributed by atoms with Gasteiger partial charge in [0.05, 0.1) is 6.42 Å². The minimum Gasteiger partial charge on any atom is -0.481 e. The molecular formula is C9H9BrN2O2. The SMILES string of the molecule is O=C(O)CC1Cc2c(Br)ccnc2N1. The maximum absolute atomic E-state index is 10.5. The first-order valence-electron chi connectivity index (χ1n) is 4.28. The summed E-state index contributed by atoms with van der Waals surface area (Å²) in [6.07, 6.45) is 2.54. The number of hydrogen-bond acceptors (Lipinski definition) is 3. The first-order chi connectivity index (χ1) is 6.66. The van der Waals surface area contributed by atoms with Crippen molar-refractivity contribution >= 4 is 27.7 Å². The molecule has 1 aliphatic rings. The van der Waals surface area contributed by atoms with E-state index in [1.54, 1.807) is 6.20 Å². The zero-order chi connectivity index (χ0) is 10.1. The number of hydrogen-bond donors (Lipinski definition) is 2. The van der Waals surface area contributed by atoms with E-state index < -0.39 is 5.97 Å². The molecule has 2 rings (SSSR count). The largest absolute Gasteiger partial charge is 0.481 e. The minimum absolute atomic E-state index is 0.0336. The van der Waals surface area contributed by atoms with E-state index in [2.05, 4.69) is 26.2 Å². The predicted octanol–water partition coefficient (Wildman–Crippen LogP) is 1.66. The Morgan fingerprint density at radius 1 is 1.79 bits per heavy atom. The van der Waals surface area contributed by atoms with Gasteiger partial charge >= 0.3 is 5.97 Å². The van der Waals surface area contributed by atoms with E-state index in [4.69, 9.17) is 5.11 Å². The summed E-state index contributed by atoms with van der Waals surface area (Å²) in [6, 6.07) is 1.83. The molecule has 0 aliphatic carbocycles. The maximum atomic E-state index is 10.5. The summed E-state index contributed by atoms with van der Waals surface area (Å²) in [5.74, 6) is 0.0112. The van der Waals surface area contributed by atoms with Crippen LogP contribution in [0.2, 0.25) is 0 Å². The Bertz CT molecular complexity index is 381. The van der Waals surface area contributed by atoms with Crippen molar-refractivity contribution in [3.05, 3.63) is 22.3 Å². The van der Waals surface area contributed by atoms with Gasteiger partial charge in [-0.15, -0.1) is 0 Å². The van der Waals surface area contributed by atoms with E-state index in [1.807, 2.05) is 6.07 Å². The summed E-state index contributed by atoms with van der Waals surface area (Å²) in [5.41, 5.74) is 1.07. The third-order valence-corrected chi connectivity index (χ3v) is 2.95. The lowest BCUT2D eigenvalue weighted by molar-refractivity contribution is -0.137. The highest BCUT2D eigenvalue weighted by molar-refractivity contribution is 9.10. The van der Waals surface area contributed by atoms with Gasteiger partial charge in [0, 0.05) is 22.3 Å². The van der Waals surface area contributed by atoms with Gasteiger partial charge in [-0.25, -0.2) is 4.98 Å². The number of anilines is 1. The Morgan fingerprint density at radius 2 is 2.57 bits per heavy atom. The van der Waals surface area contributed by atoms with E-state index in [0.717, 1.165) is 22.3 Å². The molecule has 1 aromatic rings. The number of pyridine rings is 1.